The molecule has 1 aromatic carbocycles. The number of ether oxygens (including phenoxy) is 2. The first kappa shape index (κ1) is 15.8. The molecule has 0 saturated carbocycles. The van der Waals surface area contributed by atoms with Crippen LogP contribution >= 0.6 is 0 Å². The third-order valence-electron chi connectivity index (χ3n) is 4.06. The molecule has 0 spiro atoms. The molecule has 1 N–H and O–H groups in total. The summed E-state index contributed by atoms with van der Waals surface area (Å²) in [7, 11) is 5.13. The number of carbonyl (C=O) groups is 1. The molecule has 0 aromatic heterocycles. The van der Waals surface area contributed by atoms with Gasteiger partial charge in [0.15, 0.2) is 0 Å². The van der Waals surface area contributed by atoms with Gasteiger partial charge in [0.25, 0.3) is 0 Å². The zero-order valence-electron chi connectivity index (χ0n) is 13.0. The van der Waals surface area contributed by atoms with E-state index in [2.05, 4.69) is 5.32 Å². The molecular formula is C16H24N2O3. The van der Waals surface area contributed by atoms with E-state index in [0.29, 0.717) is 19.7 Å². The molecule has 1 amide bonds. The topological polar surface area (TPSA) is 50.8 Å². The number of carbonyl (C=O) groups excluding carboxylic acids is 1. The van der Waals surface area contributed by atoms with Gasteiger partial charge in [0, 0.05) is 32.8 Å². The monoisotopic (exact) mass is 292 g/mol. The van der Waals surface area contributed by atoms with E-state index in [1.165, 1.54) is 0 Å². The summed E-state index contributed by atoms with van der Waals surface area (Å²) in [6.45, 7) is 2.52. The molecule has 5 nitrogen and oxygen atoms in total. The first-order valence-electron chi connectivity index (χ1n) is 7.20. The standard InChI is InChI=1S/C16H24N2O3/c1-18(10-13-6-4-5-7-14(13)21-3)15(19)16(12-20-2)8-9-17-11-16/h4-7,17H,8-12H2,1-3H3. The summed E-state index contributed by atoms with van der Waals surface area (Å²) in [5.74, 6) is 0.933. The van der Waals surface area contributed by atoms with E-state index in [1.54, 1.807) is 19.1 Å². The number of nitrogens with one attached hydrogen (secondary N) is 1. The SMILES string of the molecule is COCC1(C(=O)N(C)Cc2ccccc2OC)CCNC1. The molecule has 1 aliphatic heterocycles. The van der Waals surface area contributed by atoms with Gasteiger partial charge >= 0.3 is 0 Å². The van der Waals surface area contributed by atoms with Crippen LogP contribution in [0.15, 0.2) is 24.3 Å². The molecule has 2 rings (SSSR count). The summed E-state index contributed by atoms with van der Waals surface area (Å²) in [5.41, 5.74) is 0.570. The Bertz CT molecular complexity index is 484. The Morgan fingerprint density at radius 2 is 2.14 bits per heavy atom. The lowest BCUT2D eigenvalue weighted by atomic mass is 9.86. The molecule has 1 saturated heterocycles. The third kappa shape index (κ3) is 3.36. The number of rotatable bonds is 6. The highest BCUT2D eigenvalue weighted by molar-refractivity contribution is 5.83. The summed E-state index contributed by atoms with van der Waals surface area (Å²) in [6, 6.07) is 7.78. The Kier molecular flexibility index (Phi) is 5.20. The quantitative estimate of drug-likeness (QED) is 0.858. The van der Waals surface area contributed by atoms with E-state index in [0.717, 1.165) is 24.3 Å². The van der Waals surface area contributed by atoms with Crippen LogP contribution in [0.4, 0.5) is 0 Å². The Hall–Kier alpha value is -1.59. The van der Waals surface area contributed by atoms with Crippen LogP contribution in [0.2, 0.25) is 0 Å². The molecule has 1 aromatic rings. The van der Waals surface area contributed by atoms with E-state index in [1.807, 2.05) is 31.3 Å². The van der Waals surface area contributed by atoms with Crippen molar-refractivity contribution in [2.45, 2.75) is 13.0 Å². The smallest absolute Gasteiger partial charge is 0.232 e. The molecule has 1 heterocycles. The van der Waals surface area contributed by atoms with Gasteiger partial charge in [-0.25, -0.2) is 0 Å². The molecule has 0 aliphatic carbocycles. The van der Waals surface area contributed by atoms with Gasteiger partial charge in [-0.05, 0) is 19.0 Å². The van der Waals surface area contributed by atoms with Crippen molar-refractivity contribution < 1.29 is 14.3 Å². The number of nitrogens with zero attached hydrogens (tertiary/aromatic N) is 1. The van der Waals surface area contributed by atoms with E-state index in [9.17, 15) is 4.79 Å². The second-order valence-electron chi connectivity index (χ2n) is 5.61. The number of amides is 1. The fourth-order valence-electron chi connectivity index (χ4n) is 2.95. The van der Waals surface area contributed by atoms with Gasteiger partial charge in [0.1, 0.15) is 5.75 Å². The summed E-state index contributed by atoms with van der Waals surface area (Å²) in [4.78, 5) is 14.6. The number of benzene rings is 1. The molecule has 1 aliphatic rings. The number of hydrogen-bond acceptors (Lipinski definition) is 4. The first-order valence-corrected chi connectivity index (χ1v) is 7.20. The van der Waals surface area contributed by atoms with Gasteiger partial charge < -0.3 is 19.7 Å². The minimum Gasteiger partial charge on any atom is -0.496 e. The predicted molar refractivity (Wildman–Crippen MR) is 81.3 cm³/mol. The number of methoxy groups -OCH3 is 2. The predicted octanol–water partition coefficient (Wildman–Crippen LogP) is 1.28. The van der Waals surface area contributed by atoms with Crippen molar-refractivity contribution in [3.8, 4) is 5.75 Å². The van der Waals surface area contributed by atoms with E-state index in [4.69, 9.17) is 9.47 Å². The molecule has 0 radical (unpaired) electrons. The summed E-state index contributed by atoms with van der Waals surface area (Å²) in [5, 5.41) is 3.27. The molecule has 1 unspecified atom stereocenters. The van der Waals surface area contributed by atoms with Crippen LogP contribution in [0, 0.1) is 5.41 Å². The third-order valence-corrected chi connectivity index (χ3v) is 4.06. The molecule has 116 valence electrons. The minimum atomic E-state index is -0.439. The first-order chi connectivity index (χ1) is 10.1. The summed E-state index contributed by atoms with van der Waals surface area (Å²) in [6.07, 6.45) is 0.815. The molecule has 0 bridgehead atoms. The molecule has 5 heteroatoms. The van der Waals surface area contributed by atoms with Gasteiger partial charge in [-0.3, -0.25) is 4.79 Å². The van der Waals surface area contributed by atoms with Crippen molar-refractivity contribution in [1.82, 2.24) is 10.2 Å². The van der Waals surface area contributed by atoms with Crippen molar-refractivity contribution in [3.63, 3.8) is 0 Å². The molecule has 1 atom stereocenters. The minimum absolute atomic E-state index is 0.125. The van der Waals surface area contributed by atoms with Gasteiger partial charge in [-0.2, -0.15) is 0 Å². The van der Waals surface area contributed by atoms with Crippen LogP contribution in [0.25, 0.3) is 0 Å². The highest BCUT2D eigenvalue weighted by atomic mass is 16.5. The molecule has 1 fully saturated rings. The van der Waals surface area contributed by atoms with Crippen molar-refractivity contribution in [3.05, 3.63) is 29.8 Å². The van der Waals surface area contributed by atoms with Crippen molar-refractivity contribution >= 4 is 5.91 Å². The summed E-state index contributed by atoms with van der Waals surface area (Å²) < 4.78 is 10.6. The Morgan fingerprint density at radius 3 is 2.76 bits per heavy atom. The van der Waals surface area contributed by atoms with E-state index in [-0.39, 0.29) is 5.91 Å². The maximum absolute atomic E-state index is 12.8. The lowest BCUT2D eigenvalue weighted by molar-refractivity contribution is -0.143. The molecular weight excluding hydrogens is 268 g/mol. The van der Waals surface area contributed by atoms with Crippen LogP contribution in [-0.4, -0.2) is 51.8 Å². The van der Waals surface area contributed by atoms with Gasteiger partial charge in [0.2, 0.25) is 5.91 Å². The lowest BCUT2D eigenvalue weighted by Gasteiger charge is -2.31. The average Bonchev–Trinajstić information content (AvgIpc) is 2.97. The van der Waals surface area contributed by atoms with Crippen LogP contribution in [0.3, 0.4) is 0 Å². The largest absolute Gasteiger partial charge is 0.496 e. The Morgan fingerprint density at radius 1 is 1.38 bits per heavy atom. The van der Waals surface area contributed by atoms with Crippen LogP contribution in [0.5, 0.6) is 5.75 Å². The van der Waals surface area contributed by atoms with Crippen molar-refractivity contribution in [1.29, 1.82) is 0 Å². The number of para-hydroxylation sites is 1. The summed E-state index contributed by atoms with van der Waals surface area (Å²) >= 11 is 0. The Balaban J connectivity index is 2.11. The van der Waals surface area contributed by atoms with E-state index >= 15 is 0 Å². The van der Waals surface area contributed by atoms with E-state index < -0.39 is 5.41 Å². The fourth-order valence-corrected chi connectivity index (χ4v) is 2.95. The highest BCUT2D eigenvalue weighted by Crippen LogP contribution is 2.29. The van der Waals surface area contributed by atoms with Gasteiger partial charge in [0.05, 0.1) is 19.1 Å². The normalized spacial score (nSPS) is 21.3. The van der Waals surface area contributed by atoms with Crippen LogP contribution < -0.4 is 10.1 Å². The lowest BCUT2D eigenvalue weighted by Crippen LogP contribution is -2.46. The maximum Gasteiger partial charge on any atom is 0.232 e. The van der Waals surface area contributed by atoms with Gasteiger partial charge in [-0.1, -0.05) is 18.2 Å². The second-order valence-corrected chi connectivity index (χ2v) is 5.61. The number of hydrogen-bond donors (Lipinski definition) is 1. The zero-order chi connectivity index (χ0) is 15.3. The average molecular weight is 292 g/mol. The zero-order valence-corrected chi connectivity index (χ0v) is 13.0. The van der Waals surface area contributed by atoms with Gasteiger partial charge in [-0.15, -0.1) is 0 Å². The molecule has 21 heavy (non-hydrogen) atoms. The fraction of sp³-hybridized carbons (Fsp3) is 0.562. The van der Waals surface area contributed by atoms with Crippen molar-refractivity contribution in [2.75, 3.05) is 41.0 Å². The van der Waals surface area contributed by atoms with Crippen LogP contribution in [0.1, 0.15) is 12.0 Å². The Labute approximate surface area is 126 Å². The maximum atomic E-state index is 12.8. The van der Waals surface area contributed by atoms with Crippen LogP contribution in [-0.2, 0) is 16.1 Å². The second kappa shape index (κ2) is 6.91. The highest BCUT2D eigenvalue weighted by Gasteiger charge is 2.43. The van der Waals surface area contributed by atoms with Crippen molar-refractivity contribution in [2.24, 2.45) is 5.41 Å².